The molecule has 0 heterocycles. The summed E-state index contributed by atoms with van der Waals surface area (Å²) < 4.78 is 5.90. The van der Waals surface area contributed by atoms with Gasteiger partial charge in [-0.05, 0) is 109 Å². The smallest absolute Gasteiger partial charge is 0.411 e. The Bertz CT molecular complexity index is 1080. The average Bonchev–Trinajstić information content (AvgIpc) is 3.23. The van der Waals surface area contributed by atoms with Gasteiger partial charge in [0, 0.05) is 12.1 Å². The fourth-order valence-electron chi connectivity index (χ4n) is 9.63. The average molecular weight is 575 g/mol. The highest BCUT2D eigenvalue weighted by molar-refractivity contribution is 6.42. The van der Waals surface area contributed by atoms with Crippen molar-refractivity contribution < 1.29 is 9.53 Å². The van der Waals surface area contributed by atoms with E-state index in [0.717, 1.165) is 54.8 Å². The van der Waals surface area contributed by atoms with E-state index in [1.54, 1.807) is 23.8 Å². The monoisotopic (exact) mass is 573 g/mol. The molecule has 39 heavy (non-hydrogen) atoms. The van der Waals surface area contributed by atoms with Crippen LogP contribution in [0.25, 0.3) is 0 Å². The summed E-state index contributed by atoms with van der Waals surface area (Å²) in [6.07, 6.45) is 16.0. The molecule has 0 radical (unpaired) electrons. The number of nitrogens with one attached hydrogen (secondary N) is 1. The number of anilines is 1. The van der Waals surface area contributed by atoms with Gasteiger partial charge in [0.1, 0.15) is 6.10 Å². The third-order valence-corrected chi connectivity index (χ3v) is 12.4. The van der Waals surface area contributed by atoms with Gasteiger partial charge in [0.25, 0.3) is 0 Å². The zero-order valence-electron chi connectivity index (χ0n) is 24.7. The van der Waals surface area contributed by atoms with E-state index in [4.69, 9.17) is 27.9 Å². The number of ether oxygens (including phenoxy) is 1. The highest BCUT2D eigenvalue weighted by Gasteiger charge is 2.59. The molecular weight excluding hydrogens is 525 g/mol. The topological polar surface area (TPSA) is 38.3 Å². The van der Waals surface area contributed by atoms with Gasteiger partial charge in [0.15, 0.2) is 0 Å². The van der Waals surface area contributed by atoms with E-state index < -0.39 is 6.09 Å². The van der Waals surface area contributed by atoms with Crippen molar-refractivity contribution in [2.75, 3.05) is 5.32 Å². The van der Waals surface area contributed by atoms with Gasteiger partial charge in [-0.3, -0.25) is 5.32 Å². The molecule has 4 aliphatic carbocycles. The van der Waals surface area contributed by atoms with Crippen molar-refractivity contribution in [3.05, 3.63) is 39.9 Å². The fraction of sp³-hybridized carbons (Fsp3) is 0.735. The Kier molecular flexibility index (Phi) is 8.71. The Morgan fingerprint density at radius 2 is 1.82 bits per heavy atom. The summed E-state index contributed by atoms with van der Waals surface area (Å²) in [6, 6.07) is 5.09. The molecule has 0 unspecified atom stereocenters. The van der Waals surface area contributed by atoms with Crippen molar-refractivity contribution in [3.8, 4) is 0 Å². The van der Waals surface area contributed by atoms with Crippen molar-refractivity contribution in [2.45, 2.75) is 111 Å². The number of carbonyl (C=O) groups excluding carboxylic acids is 1. The number of allylic oxidation sites excluding steroid dienone is 1. The van der Waals surface area contributed by atoms with Crippen molar-refractivity contribution in [1.29, 1.82) is 0 Å². The molecule has 5 heteroatoms. The van der Waals surface area contributed by atoms with Gasteiger partial charge >= 0.3 is 6.09 Å². The Morgan fingerprint density at radius 3 is 2.56 bits per heavy atom. The molecule has 3 saturated carbocycles. The number of rotatable bonds is 7. The predicted molar refractivity (Wildman–Crippen MR) is 163 cm³/mol. The number of halogens is 2. The molecule has 4 aliphatic rings. The summed E-state index contributed by atoms with van der Waals surface area (Å²) in [5.41, 5.74) is 2.92. The lowest BCUT2D eigenvalue weighted by Gasteiger charge is -2.58. The molecule has 1 aromatic carbocycles. The van der Waals surface area contributed by atoms with Gasteiger partial charge in [0.2, 0.25) is 0 Å². The standard InChI is InChI=1S/C34H49Cl2NO2/c1-21(2)7-6-8-22(3)27-12-13-28-26-11-9-23-19-25(15-17-33(23,4)29(26)16-18-34(27,28)5)39-32(38)37-24-10-14-30(35)31(36)20-24/h9-10,14,20-22,25-29H,6-8,11-13,15-19H2,1-5H3,(H,37,38)/t22-,25+,26-,27+,28-,29-,33-,34+/m0/s1. The second kappa shape index (κ2) is 11.6. The fourth-order valence-corrected chi connectivity index (χ4v) is 9.92. The first-order valence-corrected chi connectivity index (χ1v) is 16.4. The molecule has 216 valence electrons. The molecule has 0 aromatic heterocycles. The number of carbonyl (C=O) groups is 1. The quantitative estimate of drug-likeness (QED) is 0.329. The van der Waals surface area contributed by atoms with E-state index in [9.17, 15) is 4.79 Å². The molecule has 0 saturated heterocycles. The van der Waals surface area contributed by atoms with E-state index >= 15 is 0 Å². The van der Waals surface area contributed by atoms with Crippen molar-refractivity contribution in [2.24, 2.45) is 46.3 Å². The van der Waals surface area contributed by atoms with Crippen LogP contribution in [-0.2, 0) is 4.74 Å². The largest absolute Gasteiger partial charge is 0.446 e. The summed E-state index contributed by atoms with van der Waals surface area (Å²) in [6.45, 7) is 12.5. The van der Waals surface area contributed by atoms with E-state index in [2.05, 4.69) is 46.0 Å². The van der Waals surface area contributed by atoms with Crippen LogP contribution in [0.15, 0.2) is 29.8 Å². The van der Waals surface area contributed by atoms with Crippen LogP contribution in [0, 0.1) is 46.3 Å². The number of hydrogen-bond donors (Lipinski definition) is 1. The minimum atomic E-state index is -0.413. The van der Waals surface area contributed by atoms with E-state index in [1.165, 1.54) is 51.4 Å². The Morgan fingerprint density at radius 1 is 1.03 bits per heavy atom. The van der Waals surface area contributed by atoms with Gasteiger partial charge in [-0.2, -0.15) is 0 Å². The zero-order valence-corrected chi connectivity index (χ0v) is 26.2. The lowest BCUT2D eigenvalue weighted by molar-refractivity contribution is -0.0577. The molecule has 1 N–H and O–H groups in total. The van der Waals surface area contributed by atoms with Gasteiger partial charge in [-0.1, -0.05) is 88.7 Å². The van der Waals surface area contributed by atoms with Crippen molar-refractivity contribution in [3.63, 3.8) is 0 Å². The summed E-state index contributed by atoms with van der Waals surface area (Å²) in [5, 5.41) is 3.71. The molecule has 3 fully saturated rings. The van der Waals surface area contributed by atoms with Gasteiger partial charge in [0.05, 0.1) is 10.0 Å². The van der Waals surface area contributed by atoms with Crippen LogP contribution in [0.1, 0.15) is 105 Å². The van der Waals surface area contributed by atoms with Crippen molar-refractivity contribution in [1.82, 2.24) is 0 Å². The third-order valence-electron chi connectivity index (χ3n) is 11.7. The zero-order chi connectivity index (χ0) is 27.9. The normalized spacial score (nSPS) is 36.4. The maximum Gasteiger partial charge on any atom is 0.411 e. The number of benzene rings is 1. The number of fused-ring (bicyclic) bond motifs is 5. The van der Waals surface area contributed by atoms with E-state index in [0.29, 0.717) is 21.1 Å². The summed E-state index contributed by atoms with van der Waals surface area (Å²) >= 11 is 12.1. The molecule has 1 aromatic rings. The highest BCUT2D eigenvalue weighted by atomic mass is 35.5. The first kappa shape index (κ1) is 29.3. The summed E-state index contributed by atoms with van der Waals surface area (Å²) in [4.78, 5) is 12.7. The van der Waals surface area contributed by atoms with Crippen LogP contribution in [0.3, 0.4) is 0 Å². The maximum atomic E-state index is 12.7. The van der Waals surface area contributed by atoms with E-state index in [1.807, 2.05) is 0 Å². The molecule has 0 bridgehead atoms. The molecular formula is C34H49Cl2NO2. The molecule has 8 atom stereocenters. The van der Waals surface area contributed by atoms with Gasteiger partial charge in [-0.15, -0.1) is 0 Å². The van der Waals surface area contributed by atoms with Crippen LogP contribution >= 0.6 is 23.2 Å². The van der Waals surface area contributed by atoms with Crippen LogP contribution in [0.4, 0.5) is 10.5 Å². The Labute approximate surface area is 246 Å². The molecule has 1 amide bonds. The van der Waals surface area contributed by atoms with Crippen LogP contribution < -0.4 is 5.32 Å². The first-order valence-electron chi connectivity index (χ1n) is 15.6. The predicted octanol–water partition coefficient (Wildman–Crippen LogP) is 11.0. The second-order valence-corrected chi connectivity index (χ2v) is 15.1. The molecule has 3 nitrogen and oxygen atoms in total. The first-order chi connectivity index (χ1) is 18.5. The third kappa shape index (κ3) is 5.78. The minimum Gasteiger partial charge on any atom is -0.446 e. The van der Waals surface area contributed by atoms with E-state index in [-0.39, 0.29) is 11.5 Å². The minimum absolute atomic E-state index is 0.0694. The van der Waals surface area contributed by atoms with Crippen LogP contribution in [-0.4, -0.2) is 12.2 Å². The van der Waals surface area contributed by atoms with Crippen LogP contribution in [0.2, 0.25) is 10.0 Å². The van der Waals surface area contributed by atoms with Gasteiger partial charge < -0.3 is 4.74 Å². The maximum absolute atomic E-state index is 12.7. The molecule has 0 spiro atoms. The SMILES string of the molecule is CC(C)CCC[C@H](C)[C@H]1CC[C@H]2[C@@H]3CC=C4C[C@H](OC(=O)Nc5ccc(Cl)c(Cl)c5)CC[C@]4(C)[C@H]3CC[C@]12C. The van der Waals surface area contributed by atoms with Crippen molar-refractivity contribution >= 4 is 35.0 Å². The lowest BCUT2D eigenvalue weighted by Crippen LogP contribution is -2.51. The Balaban J connectivity index is 1.21. The Hall–Kier alpha value is -1.19. The lowest BCUT2D eigenvalue weighted by atomic mass is 9.47. The number of amides is 1. The molecule has 0 aliphatic heterocycles. The summed E-state index contributed by atoms with van der Waals surface area (Å²) in [5.74, 6) is 5.03. The van der Waals surface area contributed by atoms with Gasteiger partial charge in [-0.25, -0.2) is 4.79 Å². The summed E-state index contributed by atoms with van der Waals surface area (Å²) in [7, 11) is 0. The molecule has 5 rings (SSSR count). The highest BCUT2D eigenvalue weighted by Crippen LogP contribution is 2.67. The van der Waals surface area contributed by atoms with Crippen LogP contribution in [0.5, 0.6) is 0 Å². The second-order valence-electron chi connectivity index (χ2n) is 14.3. The number of hydrogen-bond acceptors (Lipinski definition) is 2.